The lowest BCUT2D eigenvalue weighted by Crippen LogP contribution is -2.23. The van der Waals surface area contributed by atoms with E-state index in [0.717, 1.165) is 23.9 Å². The Balaban J connectivity index is 1.84. The summed E-state index contributed by atoms with van der Waals surface area (Å²) < 4.78 is 0.827. The average Bonchev–Trinajstić information content (AvgIpc) is 2.84. The smallest absolute Gasteiger partial charge is 0.224 e. The molecule has 4 nitrogen and oxygen atoms in total. The second-order valence-electron chi connectivity index (χ2n) is 4.54. The molecule has 1 aliphatic rings. The summed E-state index contributed by atoms with van der Waals surface area (Å²) in [7, 11) is 0. The van der Waals surface area contributed by atoms with Crippen LogP contribution in [0.4, 0.5) is 5.69 Å². The van der Waals surface area contributed by atoms with Crippen molar-refractivity contribution in [1.29, 1.82) is 0 Å². The first-order chi connectivity index (χ1) is 8.65. The highest BCUT2D eigenvalue weighted by Gasteiger charge is 2.15. The Morgan fingerprint density at radius 2 is 2.39 bits per heavy atom. The molecular weight excluding hydrogens is 296 g/mol. The number of carbonyl (C=O) groups is 1. The highest BCUT2D eigenvalue weighted by atomic mass is 79.9. The van der Waals surface area contributed by atoms with Gasteiger partial charge in [-0.05, 0) is 44.0 Å². The van der Waals surface area contributed by atoms with E-state index in [1.807, 2.05) is 0 Å². The van der Waals surface area contributed by atoms with Gasteiger partial charge in [0, 0.05) is 16.9 Å². The minimum atomic E-state index is -0.0582. The van der Waals surface area contributed by atoms with Gasteiger partial charge in [-0.1, -0.05) is 15.9 Å². The molecule has 1 aliphatic heterocycles. The summed E-state index contributed by atoms with van der Waals surface area (Å²) in [6.45, 7) is 1.05. The van der Waals surface area contributed by atoms with Gasteiger partial charge < -0.3 is 15.7 Å². The predicted octanol–water partition coefficient (Wildman–Crippen LogP) is 2.63. The van der Waals surface area contributed by atoms with Crippen LogP contribution in [0.2, 0.25) is 0 Å². The lowest BCUT2D eigenvalue weighted by Gasteiger charge is -2.11. The summed E-state index contributed by atoms with van der Waals surface area (Å²) in [6.07, 6.45) is 3.67. The first-order valence-electron chi connectivity index (χ1n) is 6.17. The number of hydrogen-bond acceptors (Lipinski definition) is 3. The van der Waals surface area contributed by atoms with E-state index in [-0.39, 0.29) is 11.7 Å². The molecule has 0 aromatic heterocycles. The standard InChI is InChI=1S/C13H17BrN2O2/c14-9-3-5-12(17)11(8-9)16-13(18)6-4-10-2-1-7-15-10/h3,5,8,10,15,17H,1-2,4,6-7H2,(H,16,18). The van der Waals surface area contributed by atoms with Gasteiger partial charge in [-0.3, -0.25) is 4.79 Å². The van der Waals surface area contributed by atoms with Crippen molar-refractivity contribution in [3.05, 3.63) is 22.7 Å². The highest BCUT2D eigenvalue weighted by Crippen LogP contribution is 2.27. The SMILES string of the molecule is O=C(CCC1CCCN1)Nc1cc(Br)ccc1O. The van der Waals surface area contributed by atoms with Gasteiger partial charge in [0.2, 0.25) is 5.91 Å². The Kier molecular flexibility index (Phi) is 4.60. The van der Waals surface area contributed by atoms with Gasteiger partial charge in [0.05, 0.1) is 5.69 Å². The summed E-state index contributed by atoms with van der Waals surface area (Å²) in [6, 6.07) is 5.44. The van der Waals surface area contributed by atoms with Crippen LogP contribution in [0, 0.1) is 0 Å². The molecular formula is C13H17BrN2O2. The number of phenols is 1. The number of benzene rings is 1. The molecule has 1 fully saturated rings. The fourth-order valence-corrected chi connectivity index (χ4v) is 2.49. The molecule has 0 aliphatic carbocycles. The molecule has 1 atom stereocenters. The zero-order chi connectivity index (χ0) is 13.0. The quantitative estimate of drug-likeness (QED) is 0.749. The van der Waals surface area contributed by atoms with E-state index in [1.54, 1.807) is 18.2 Å². The lowest BCUT2D eigenvalue weighted by molar-refractivity contribution is -0.116. The van der Waals surface area contributed by atoms with Gasteiger partial charge >= 0.3 is 0 Å². The summed E-state index contributed by atoms with van der Waals surface area (Å²) in [5.41, 5.74) is 0.453. The third-order valence-corrected chi connectivity index (χ3v) is 3.61. The molecule has 0 bridgehead atoms. The molecule has 1 amide bonds. The summed E-state index contributed by atoms with van der Waals surface area (Å²) in [4.78, 5) is 11.8. The molecule has 1 aromatic carbocycles. The minimum Gasteiger partial charge on any atom is -0.506 e. The number of nitrogens with one attached hydrogen (secondary N) is 2. The molecule has 18 heavy (non-hydrogen) atoms. The molecule has 2 rings (SSSR count). The molecule has 5 heteroatoms. The van der Waals surface area contributed by atoms with E-state index in [0.29, 0.717) is 18.2 Å². The predicted molar refractivity (Wildman–Crippen MR) is 74.7 cm³/mol. The highest BCUT2D eigenvalue weighted by molar-refractivity contribution is 9.10. The van der Waals surface area contributed by atoms with Crippen molar-refractivity contribution >= 4 is 27.5 Å². The minimum absolute atomic E-state index is 0.0582. The maximum Gasteiger partial charge on any atom is 0.224 e. The number of amides is 1. The monoisotopic (exact) mass is 312 g/mol. The molecule has 0 saturated carbocycles. The lowest BCUT2D eigenvalue weighted by atomic mass is 10.1. The van der Waals surface area contributed by atoms with Crippen LogP contribution >= 0.6 is 15.9 Å². The van der Waals surface area contributed by atoms with Crippen LogP contribution in [0.1, 0.15) is 25.7 Å². The number of hydrogen-bond donors (Lipinski definition) is 3. The maximum absolute atomic E-state index is 11.8. The van der Waals surface area contributed by atoms with Crippen LogP contribution in [0.25, 0.3) is 0 Å². The second kappa shape index (κ2) is 6.20. The third kappa shape index (κ3) is 3.71. The van der Waals surface area contributed by atoms with Gasteiger partial charge in [-0.2, -0.15) is 0 Å². The van der Waals surface area contributed by atoms with Crippen molar-refractivity contribution in [3.63, 3.8) is 0 Å². The number of rotatable bonds is 4. The summed E-state index contributed by atoms with van der Waals surface area (Å²) in [5.74, 6) is 0.0302. The van der Waals surface area contributed by atoms with Gasteiger partial charge in [0.25, 0.3) is 0 Å². The van der Waals surface area contributed by atoms with Gasteiger partial charge in [0.15, 0.2) is 0 Å². The molecule has 0 spiro atoms. The van der Waals surface area contributed by atoms with E-state index in [2.05, 4.69) is 26.6 Å². The third-order valence-electron chi connectivity index (χ3n) is 3.11. The molecule has 3 N–H and O–H groups in total. The Morgan fingerprint density at radius 1 is 1.56 bits per heavy atom. The first-order valence-corrected chi connectivity index (χ1v) is 6.96. The number of carbonyl (C=O) groups excluding carboxylic acids is 1. The van der Waals surface area contributed by atoms with Crippen LogP contribution in [0.15, 0.2) is 22.7 Å². The van der Waals surface area contributed by atoms with Crippen LogP contribution in [0.5, 0.6) is 5.75 Å². The summed E-state index contributed by atoms with van der Waals surface area (Å²) >= 11 is 3.31. The Bertz CT molecular complexity index is 431. The van der Waals surface area contributed by atoms with Gasteiger partial charge in [-0.25, -0.2) is 0 Å². The Morgan fingerprint density at radius 3 is 3.11 bits per heavy atom. The number of halogens is 1. The zero-order valence-corrected chi connectivity index (χ0v) is 11.7. The maximum atomic E-state index is 11.8. The van der Waals surface area contributed by atoms with Crippen molar-refractivity contribution in [2.24, 2.45) is 0 Å². The zero-order valence-electron chi connectivity index (χ0n) is 10.1. The van der Waals surface area contributed by atoms with E-state index in [1.165, 1.54) is 6.42 Å². The molecule has 1 unspecified atom stereocenters. The van der Waals surface area contributed by atoms with Crippen molar-refractivity contribution in [2.75, 3.05) is 11.9 Å². The van der Waals surface area contributed by atoms with Crippen LogP contribution < -0.4 is 10.6 Å². The molecule has 98 valence electrons. The van der Waals surface area contributed by atoms with Gasteiger partial charge in [0.1, 0.15) is 5.75 Å². The van der Waals surface area contributed by atoms with E-state index >= 15 is 0 Å². The van der Waals surface area contributed by atoms with Crippen molar-refractivity contribution in [3.8, 4) is 5.75 Å². The second-order valence-corrected chi connectivity index (χ2v) is 5.46. The number of phenolic OH excluding ortho intramolecular Hbond substituents is 1. The molecule has 1 saturated heterocycles. The van der Waals surface area contributed by atoms with E-state index in [9.17, 15) is 9.90 Å². The van der Waals surface area contributed by atoms with Crippen molar-refractivity contribution in [1.82, 2.24) is 5.32 Å². The molecule has 1 heterocycles. The number of aromatic hydroxyl groups is 1. The topological polar surface area (TPSA) is 61.4 Å². The van der Waals surface area contributed by atoms with Crippen molar-refractivity contribution in [2.45, 2.75) is 31.7 Å². The van der Waals surface area contributed by atoms with Crippen LogP contribution in [-0.2, 0) is 4.79 Å². The normalized spacial score (nSPS) is 18.8. The first kappa shape index (κ1) is 13.4. The van der Waals surface area contributed by atoms with Crippen LogP contribution in [0.3, 0.4) is 0 Å². The Hall–Kier alpha value is -1.07. The molecule has 1 aromatic rings. The average molecular weight is 313 g/mol. The van der Waals surface area contributed by atoms with Crippen molar-refractivity contribution < 1.29 is 9.90 Å². The fraction of sp³-hybridized carbons (Fsp3) is 0.462. The van der Waals surface area contributed by atoms with E-state index < -0.39 is 0 Å². The summed E-state index contributed by atoms with van der Waals surface area (Å²) in [5, 5.41) is 15.7. The molecule has 0 radical (unpaired) electrons. The van der Waals surface area contributed by atoms with E-state index in [4.69, 9.17) is 0 Å². The van der Waals surface area contributed by atoms with Gasteiger partial charge in [-0.15, -0.1) is 0 Å². The van der Waals surface area contributed by atoms with Crippen LogP contribution in [-0.4, -0.2) is 23.6 Å². The fourth-order valence-electron chi connectivity index (χ4n) is 2.13. The largest absolute Gasteiger partial charge is 0.506 e. The number of anilines is 1. The Labute approximate surface area is 115 Å².